The molecule has 36 heavy (non-hydrogen) atoms. The lowest BCUT2D eigenvalue weighted by molar-refractivity contribution is -0.150. The molecule has 0 spiro atoms. The van der Waals surface area contributed by atoms with Crippen LogP contribution in [0.2, 0.25) is 0 Å². The second kappa shape index (κ2) is 9.64. The van der Waals surface area contributed by atoms with Gasteiger partial charge in [0.15, 0.2) is 12.2 Å². The molecule has 2 atom stereocenters. The molecule has 3 aliphatic heterocycles. The number of rotatable bonds is 5. The van der Waals surface area contributed by atoms with E-state index in [2.05, 4.69) is 10.3 Å². The Morgan fingerprint density at radius 1 is 1.17 bits per heavy atom. The number of benzene rings is 2. The molecule has 0 radical (unpaired) electrons. The summed E-state index contributed by atoms with van der Waals surface area (Å²) in [5.41, 5.74) is 7.58. The highest BCUT2D eigenvalue weighted by atomic mass is 19.1. The maximum Gasteiger partial charge on any atom is 0.259 e. The Morgan fingerprint density at radius 2 is 1.92 bits per heavy atom. The molecule has 0 aliphatic carbocycles. The van der Waals surface area contributed by atoms with Crippen LogP contribution in [0.5, 0.6) is 0 Å². The van der Waals surface area contributed by atoms with Gasteiger partial charge in [-0.2, -0.15) is 0 Å². The van der Waals surface area contributed by atoms with E-state index in [4.69, 9.17) is 15.2 Å². The first-order chi connectivity index (χ1) is 17.3. The van der Waals surface area contributed by atoms with Gasteiger partial charge in [0, 0.05) is 30.2 Å². The number of nitrogens with two attached hydrogens (primary N) is 1. The Kier molecular flexibility index (Phi) is 6.39. The molecule has 3 amide bonds. The number of aliphatic hydroxyl groups excluding tert-OH is 1. The largest absolute Gasteiger partial charge is 0.383 e. The van der Waals surface area contributed by atoms with Crippen molar-refractivity contribution >= 4 is 40.6 Å². The van der Waals surface area contributed by atoms with Crippen LogP contribution in [0.1, 0.15) is 11.1 Å². The van der Waals surface area contributed by atoms with Crippen LogP contribution in [-0.2, 0) is 30.4 Å². The van der Waals surface area contributed by atoms with Crippen molar-refractivity contribution in [2.45, 2.75) is 18.8 Å². The molecule has 2 fully saturated rings. The maximum atomic E-state index is 14.4. The van der Waals surface area contributed by atoms with E-state index >= 15 is 0 Å². The number of hydrogen-bond donors (Lipinski definition) is 3. The monoisotopic (exact) mass is 497 g/mol. The number of morpholine rings is 2. The van der Waals surface area contributed by atoms with Crippen molar-refractivity contribution in [2.24, 2.45) is 10.7 Å². The number of nitrogens with zero attached hydrogens (tertiary/aromatic N) is 3. The minimum absolute atomic E-state index is 0.0153. The second-order valence-corrected chi connectivity index (χ2v) is 8.53. The Bertz CT molecular complexity index is 1270. The number of halogens is 1. The molecule has 11 nitrogen and oxygen atoms in total. The number of hydrogen-bond acceptors (Lipinski definition) is 8. The van der Waals surface area contributed by atoms with Gasteiger partial charge in [-0.15, -0.1) is 0 Å². The number of anilines is 3. The fourth-order valence-electron chi connectivity index (χ4n) is 4.46. The summed E-state index contributed by atoms with van der Waals surface area (Å²) in [7, 11) is 0. The van der Waals surface area contributed by atoms with Crippen LogP contribution in [0.15, 0.2) is 41.4 Å². The Balaban J connectivity index is 1.30. The van der Waals surface area contributed by atoms with Gasteiger partial charge in [-0.05, 0) is 35.9 Å². The van der Waals surface area contributed by atoms with E-state index in [1.54, 1.807) is 29.2 Å². The summed E-state index contributed by atoms with van der Waals surface area (Å²) in [5.74, 6) is -2.28. The zero-order valence-electron chi connectivity index (χ0n) is 19.1. The number of fused-ring (bicyclic) bond motifs is 1. The molecule has 3 aliphatic rings. The van der Waals surface area contributed by atoms with Gasteiger partial charge in [-0.1, -0.05) is 6.07 Å². The molecule has 188 valence electrons. The fourth-order valence-corrected chi connectivity index (χ4v) is 4.46. The van der Waals surface area contributed by atoms with Crippen molar-refractivity contribution in [3.8, 4) is 0 Å². The molecule has 0 bridgehead atoms. The number of carbonyl (C=O) groups is 3. The Morgan fingerprint density at radius 3 is 2.69 bits per heavy atom. The first kappa shape index (κ1) is 23.9. The summed E-state index contributed by atoms with van der Waals surface area (Å²) in [6.45, 7) is 1.23. The average Bonchev–Trinajstić information content (AvgIpc) is 3.25. The van der Waals surface area contributed by atoms with E-state index < -0.39 is 29.8 Å². The molecule has 0 unspecified atom stereocenters. The van der Waals surface area contributed by atoms with Gasteiger partial charge in [-0.25, -0.2) is 4.39 Å². The maximum absolute atomic E-state index is 14.4. The SMILES string of the molecule is NC1=NCc2cc(NC(=O)[C@H](O)[C@H]3OCCN(c4cccc(N5CCOCC5=O)c4)C3=O)cc(F)c21. The van der Waals surface area contributed by atoms with Gasteiger partial charge in [0.05, 0.1) is 25.3 Å². The first-order valence-electron chi connectivity index (χ1n) is 11.4. The summed E-state index contributed by atoms with van der Waals surface area (Å²) in [6.07, 6.45) is -3.31. The molecular weight excluding hydrogens is 473 g/mol. The van der Waals surface area contributed by atoms with E-state index in [9.17, 15) is 23.9 Å². The highest BCUT2D eigenvalue weighted by molar-refractivity contribution is 6.05. The first-order valence-corrected chi connectivity index (χ1v) is 11.4. The molecule has 2 saturated heterocycles. The van der Waals surface area contributed by atoms with Crippen LogP contribution in [-0.4, -0.2) is 73.8 Å². The van der Waals surface area contributed by atoms with Gasteiger partial charge in [0.1, 0.15) is 18.3 Å². The number of aliphatic hydroxyl groups is 1. The molecule has 3 heterocycles. The second-order valence-electron chi connectivity index (χ2n) is 8.53. The summed E-state index contributed by atoms with van der Waals surface area (Å²) in [6, 6.07) is 9.45. The molecule has 0 aromatic heterocycles. The van der Waals surface area contributed by atoms with E-state index in [0.29, 0.717) is 30.1 Å². The highest BCUT2D eigenvalue weighted by Crippen LogP contribution is 2.28. The van der Waals surface area contributed by atoms with Crippen molar-refractivity contribution in [3.63, 3.8) is 0 Å². The van der Waals surface area contributed by atoms with E-state index in [1.165, 1.54) is 11.0 Å². The number of nitrogens with one attached hydrogen (secondary N) is 1. The van der Waals surface area contributed by atoms with E-state index in [1.807, 2.05) is 0 Å². The standard InChI is InChI=1S/C24H24FN5O6/c25-17-9-14(8-13-11-27-22(26)19(13)17)28-23(33)20(32)21-24(34)30(5-7-36-21)16-3-1-2-15(10-16)29-4-6-35-12-18(29)31/h1-3,8-10,20-21,32H,4-7,11-12H2,(H2,26,27)(H,28,33)/t20-,21-/m1/s1. The quantitative estimate of drug-likeness (QED) is 0.532. The van der Waals surface area contributed by atoms with Gasteiger partial charge in [-0.3, -0.25) is 19.4 Å². The van der Waals surface area contributed by atoms with Crippen molar-refractivity contribution in [1.82, 2.24) is 0 Å². The Hall–Kier alpha value is -3.87. The van der Waals surface area contributed by atoms with Crippen LogP contribution in [0.4, 0.5) is 21.5 Å². The van der Waals surface area contributed by atoms with E-state index in [-0.39, 0.29) is 49.3 Å². The van der Waals surface area contributed by atoms with Gasteiger partial charge >= 0.3 is 0 Å². The number of aliphatic imine (C=N–C) groups is 1. The van der Waals surface area contributed by atoms with Crippen molar-refractivity contribution in [3.05, 3.63) is 53.3 Å². The van der Waals surface area contributed by atoms with Crippen LogP contribution in [0.3, 0.4) is 0 Å². The summed E-state index contributed by atoms with van der Waals surface area (Å²) in [4.78, 5) is 45.1. The minimum atomic E-state index is -1.85. The third-order valence-corrected chi connectivity index (χ3v) is 6.23. The number of amidine groups is 1. The molecule has 2 aromatic carbocycles. The molecule has 0 saturated carbocycles. The minimum Gasteiger partial charge on any atom is -0.383 e. The summed E-state index contributed by atoms with van der Waals surface area (Å²) in [5, 5.41) is 13.1. The third-order valence-electron chi connectivity index (χ3n) is 6.23. The van der Waals surface area contributed by atoms with Crippen LogP contribution in [0, 0.1) is 5.82 Å². The summed E-state index contributed by atoms with van der Waals surface area (Å²) < 4.78 is 25.0. The lowest BCUT2D eigenvalue weighted by atomic mass is 10.1. The smallest absolute Gasteiger partial charge is 0.259 e. The predicted molar refractivity (Wildman–Crippen MR) is 127 cm³/mol. The highest BCUT2D eigenvalue weighted by Gasteiger charge is 2.39. The molecule has 12 heteroatoms. The van der Waals surface area contributed by atoms with Gasteiger partial charge < -0.3 is 35.4 Å². The average molecular weight is 497 g/mol. The lowest BCUT2D eigenvalue weighted by Gasteiger charge is -2.35. The van der Waals surface area contributed by atoms with Crippen molar-refractivity contribution in [2.75, 3.05) is 48.0 Å². The topological polar surface area (TPSA) is 147 Å². The van der Waals surface area contributed by atoms with Crippen molar-refractivity contribution < 1.29 is 33.4 Å². The molecule has 4 N–H and O–H groups in total. The summed E-state index contributed by atoms with van der Waals surface area (Å²) >= 11 is 0. The molecular formula is C24H24FN5O6. The zero-order chi connectivity index (χ0) is 25.4. The third kappa shape index (κ3) is 4.41. The zero-order valence-corrected chi connectivity index (χ0v) is 19.1. The van der Waals surface area contributed by atoms with Gasteiger partial charge in [0.2, 0.25) is 0 Å². The molecule has 5 rings (SSSR count). The predicted octanol–water partition coefficient (Wildman–Crippen LogP) is 0.139. The lowest BCUT2D eigenvalue weighted by Crippen LogP contribution is -2.55. The van der Waals surface area contributed by atoms with E-state index in [0.717, 1.165) is 6.07 Å². The number of ether oxygens (including phenoxy) is 2. The number of amides is 3. The van der Waals surface area contributed by atoms with Crippen molar-refractivity contribution in [1.29, 1.82) is 0 Å². The van der Waals surface area contributed by atoms with Crippen LogP contribution < -0.4 is 20.9 Å². The fraction of sp³-hybridized carbons (Fsp3) is 0.333. The normalized spacial score (nSPS) is 20.7. The van der Waals surface area contributed by atoms with Crippen LogP contribution >= 0.6 is 0 Å². The Labute approximate surface area is 205 Å². The molecule has 2 aromatic rings. The van der Waals surface area contributed by atoms with Crippen LogP contribution in [0.25, 0.3) is 0 Å². The number of carbonyl (C=O) groups excluding carboxylic acids is 3. The van der Waals surface area contributed by atoms with Gasteiger partial charge in [0.25, 0.3) is 17.7 Å².